The van der Waals surface area contributed by atoms with Crippen LogP contribution in [0.25, 0.3) is 0 Å². The van der Waals surface area contributed by atoms with Crippen LogP contribution in [-0.2, 0) is 11.2 Å². The minimum Gasteiger partial charge on any atom is -0.507 e. The van der Waals surface area contributed by atoms with Crippen molar-refractivity contribution in [1.82, 2.24) is 5.43 Å². The molecule has 6 heteroatoms. The monoisotopic (exact) mass is 342 g/mol. The van der Waals surface area contributed by atoms with Gasteiger partial charge in [-0.2, -0.15) is 5.10 Å². The van der Waals surface area contributed by atoms with Crippen molar-refractivity contribution in [2.45, 2.75) is 26.4 Å². The molecule has 0 saturated heterocycles. The van der Waals surface area contributed by atoms with E-state index in [2.05, 4.69) is 10.5 Å². The SMILES string of the molecule is COc1ccc(CC(=O)N/N=C\c2ccc(OC(C)C)cc2O)cc1. The van der Waals surface area contributed by atoms with E-state index < -0.39 is 0 Å². The maximum Gasteiger partial charge on any atom is 0.244 e. The highest BCUT2D eigenvalue weighted by atomic mass is 16.5. The predicted molar refractivity (Wildman–Crippen MR) is 96.3 cm³/mol. The van der Waals surface area contributed by atoms with Crippen molar-refractivity contribution in [3.63, 3.8) is 0 Å². The molecule has 0 bridgehead atoms. The first kappa shape index (κ1) is 18.3. The van der Waals surface area contributed by atoms with Crippen LogP contribution >= 0.6 is 0 Å². The molecule has 6 nitrogen and oxygen atoms in total. The molecule has 0 heterocycles. The number of methoxy groups -OCH3 is 1. The van der Waals surface area contributed by atoms with Crippen LogP contribution in [0.1, 0.15) is 25.0 Å². The standard InChI is InChI=1S/C19H22N2O4/c1-13(2)25-17-9-6-15(18(22)11-17)12-20-21-19(23)10-14-4-7-16(24-3)8-5-14/h4-9,11-13,22H,10H2,1-3H3,(H,21,23)/b20-12-. The number of hydrogen-bond donors (Lipinski definition) is 2. The minimum absolute atomic E-state index is 0.0242. The van der Waals surface area contributed by atoms with Gasteiger partial charge in [-0.25, -0.2) is 5.43 Å². The van der Waals surface area contributed by atoms with E-state index in [9.17, 15) is 9.90 Å². The highest BCUT2D eigenvalue weighted by molar-refractivity contribution is 5.85. The maximum absolute atomic E-state index is 11.9. The highest BCUT2D eigenvalue weighted by Gasteiger charge is 2.05. The molecule has 0 radical (unpaired) electrons. The second-order valence-corrected chi connectivity index (χ2v) is 5.71. The fraction of sp³-hybridized carbons (Fsp3) is 0.263. The van der Waals surface area contributed by atoms with Crippen molar-refractivity contribution in [1.29, 1.82) is 0 Å². The minimum atomic E-state index is -0.249. The zero-order valence-electron chi connectivity index (χ0n) is 14.5. The van der Waals surface area contributed by atoms with Gasteiger partial charge in [0.2, 0.25) is 5.91 Å². The third-order valence-corrected chi connectivity index (χ3v) is 3.29. The molecule has 2 aromatic rings. The Morgan fingerprint density at radius 2 is 1.88 bits per heavy atom. The molecule has 0 aliphatic rings. The van der Waals surface area contributed by atoms with Gasteiger partial charge < -0.3 is 14.6 Å². The Morgan fingerprint density at radius 3 is 2.48 bits per heavy atom. The van der Waals surface area contributed by atoms with Gasteiger partial charge in [0.1, 0.15) is 17.2 Å². The van der Waals surface area contributed by atoms with Crippen LogP contribution in [0, 0.1) is 0 Å². The molecule has 0 fully saturated rings. The topological polar surface area (TPSA) is 80.2 Å². The number of carbonyl (C=O) groups is 1. The van der Waals surface area contributed by atoms with Crippen LogP contribution < -0.4 is 14.9 Å². The van der Waals surface area contributed by atoms with Crippen LogP contribution in [0.4, 0.5) is 0 Å². The largest absolute Gasteiger partial charge is 0.507 e. The Hall–Kier alpha value is -3.02. The van der Waals surface area contributed by atoms with Gasteiger partial charge in [0, 0.05) is 11.6 Å². The third kappa shape index (κ3) is 5.84. The summed E-state index contributed by atoms with van der Waals surface area (Å²) in [4.78, 5) is 11.9. The Kier molecular flexibility index (Phi) is 6.39. The summed E-state index contributed by atoms with van der Waals surface area (Å²) < 4.78 is 10.6. The van der Waals surface area contributed by atoms with Crippen LogP contribution in [0.3, 0.4) is 0 Å². The summed E-state index contributed by atoms with van der Waals surface area (Å²) in [6.07, 6.45) is 1.62. The third-order valence-electron chi connectivity index (χ3n) is 3.29. The zero-order chi connectivity index (χ0) is 18.2. The molecule has 2 aromatic carbocycles. The van der Waals surface area contributed by atoms with Crippen molar-refractivity contribution in [3.05, 3.63) is 53.6 Å². The number of ether oxygens (including phenoxy) is 2. The lowest BCUT2D eigenvalue weighted by Gasteiger charge is -2.10. The average Bonchev–Trinajstić information content (AvgIpc) is 2.57. The van der Waals surface area contributed by atoms with E-state index in [-0.39, 0.29) is 24.2 Å². The number of nitrogens with one attached hydrogen (secondary N) is 1. The molecule has 2 N–H and O–H groups in total. The van der Waals surface area contributed by atoms with Crippen LogP contribution in [0.5, 0.6) is 17.2 Å². The molecule has 0 atom stereocenters. The van der Waals surface area contributed by atoms with Gasteiger partial charge in [0.05, 0.1) is 25.8 Å². The first-order chi connectivity index (χ1) is 12.0. The average molecular weight is 342 g/mol. The normalized spacial score (nSPS) is 10.9. The maximum atomic E-state index is 11.9. The number of aromatic hydroxyl groups is 1. The molecule has 0 saturated carbocycles. The number of benzene rings is 2. The van der Waals surface area contributed by atoms with E-state index in [0.717, 1.165) is 11.3 Å². The van der Waals surface area contributed by atoms with Crippen molar-refractivity contribution >= 4 is 12.1 Å². The number of amides is 1. The molecule has 25 heavy (non-hydrogen) atoms. The number of nitrogens with zero attached hydrogens (tertiary/aromatic N) is 1. The number of carbonyl (C=O) groups excluding carboxylic acids is 1. The number of phenolic OH excluding ortho intramolecular Hbond substituents is 1. The van der Waals surface area contributed by atoms with Crippen molar-refractivity contribution in [2.75, 3.05) is 7.11 Å². The molecule has 1 amide bonds. The lowest BCUT2D eigenvalue weighted by molar-refractivity contribution is -0.120. The number of rotatable bonds is 7. The summed E-state index contributed by atoms with van der Waals surface area (Å²) >= 11 is 0. The Morgan fingerprint density at radius 1 is 1.20 bits per heavy atom. The van der Waals surface area contributed by atoms with E-state index in [0.29, 0.717) is 11.3 Å². The van der Waals surface area contributed by atoms with Gasteiger partial charge in [0.25, 0.3) is 0 Å². The van der Waals surface area contributed by atoms with Gasteiger partial charge in [0.15, 0.2) is 0 Å². The number of phenols is 1. The molecule has 132 valence electrons. The van der Waals surface area contributed by atoms with Crippen LogP contribution in [0.15, 0.2) is 47.6 Å². The van der Waals surface area contributed by atoms with Gasteiger partial charge in [-0.1, -0.05) is 12.1 Å². The second-order valence-electron chi connectivity index (χ2n) is 5.71. The van der Waals surface area contributed by atoms with E-state index in [1.54, 1.807) is 31.4 Å². The van der Waals surface area contributed by atoms with E-state index in [4.69, 9.17) is 9.47 Å². The molecule has 0 aliphatic carbocycles. The molecule has 0 spiro atoms. The molecule has 0 unspecified atom stereocenters. The van der Waals surface area contributed by atoms with Crippen molar-refractivity contribution < 1.29 is 19.4 Å². The number of hydrazone groups is 1. The fourth-order valence-electron chi connectivity index (χ4n) is 2.12. The quantitative estimate of drug-likeness (QED) is 0.599. The number of hydrogen-bond acceptors (Lipinski definition) is 5. The van der Waals surface area contributed by atoms with Crippen molar-refractivity contribution in [2.24, 2.45) is 5.10 Å². The summed E-state index contributed by atoms with van der Waals surface area (Å²) in [7, 11) is 1.59. The van der Waals surface area contributed by atoms with Crippen LogP contribution in [0.2, 0.25) is 0 Å². The van der Waals surface area contributed by atoms with Gasteiger partial charge in [-0.15, -0.1) is 0 Å². The lowest BCUT2D eigenvalue weighted by atomic mass is 10.1. The van der Waals surface area contributed by atoms with E-state index >= 15 is 0 Å². The summed E-state index contributed by atoms with van der Waals surface area (Å²) in [5.41, 5.74) is 3.78. The Balaban J connectivity index is 1.90. The predicted octanol–water partition coefficient (Wildman–Crippen LogP) is 2.88. The lowest BCUT2D eigenvalue weighted by Crippen LogP contribution is -2.19. The first-order valence-electron chi connectivity index (χ1n) is 7.92. The fourth-order valence-corrected chi connectivity index (χ4v) is 2.12. The highest BCUT2D eigenvalue weighted by Crippen LogP contribution is 2.23. The smallest absolute Gasteiger partial charge is 0.244 e. The Bertz CT molecular complexity index is 740. The van der Waals surface area contributed by atoms with E-state index in [1.807, 2.05) is 26.0 Å². The summed E-state index contributed by atoms with van der Waals surface area (Å²) in [6.45, 7) is 3.82. The summed E-state index contributed by atoms with van der Waals surface area (Å²) in [5.74, 6) is 1.10. The van der Waals surface area contributed by atoms with Crippen molar-refractivity contribution in [3.8, 4) is 17.2 Å². The van der Waals surface area contributed by atoms with E-state index in [1.165, 1.54) is 12.3 Å². The molecule has 0 aromatic heterocycles. The van der Waals surface area contributed by atoms with Gasteiger partial charge in [-0.05, 0) is 43.7 Å². The van der Waals surface area contributed by atoms with Gasteiger partial charge in [-0.3, -0.25) is 4.79 Å². The van der Waals surface area contributed by atoms with Crippen LogP contribution in [-0.4, -0.2) is 30.4 Å². The Labute approximate surface area is 147 Å². The van der Waals surface area contributed by atoms with Gasteiger partial charge >= 0.3 is 0 Å². The molecular weight excluding hydrogens is 320 g/mol. The zero-order valence-corrected chi connectivity index (χ0v) is 14.5. The molecular formula is C19H22N2O4. The second kappa shape index (κ2) is 8.73. The summed E-state index contributed by atoms with van der Waals surface area (Å²) in [5, 5.41) is 13.8. The molecule has 2 rings (SSSR count). The summed E-state index contributed by atoms with van der Waals surface area (Å²) in [6, 6.07) is 12.2. The molecule has 0 aliphatic heterocycles. The first-order valence-corrected chi connectivity index (χ1v) is 7.92.